The summed E-state index contributed by atoms with van der Waals surface area (Å²) in [5, 5.41) is 39.9. The van der Waals surface area contributed by atoms with E-state index in [1.165, 1.54) is 103 Å². The van der Waals surface area contributed by atoms with Gasteiger partial charge in [0.05, 0.1) is 0 Å². The van der Waals surface area contributed by atoms with Crippen molar-refractivity contribution in [1.82, 2.24) is 0 Å². The van der Waals surface area contributed by atoms with Gasteiger partial charge in [0.1, 0.15) is 0 Å². The first-order valence-corrected chi connectivity index (χ1v) is 17.9. The van der Waals surface area contributed by atoms with Gasteiger partial charge in [0.2, 0.25) is 0 Å². The molecule has 0 atom stereocenters. The van der Waals surface area contributed by atoms with Crippen LogP contribution in [0.15, 0.2) is 0 Å². The van der Waals surface area contributed by atoms with Crippen molar-refractivity contribution in [1.29, 1.82) is 0 Å². The topological polar surface area (TPSA) is 161 Å². The van der Waals surface area contributed by atoms with Gasteiger partial charge in [-0.2, -0.15) is 0 Å². The minimum atomic E-state index is -0.916. The molecule has 0 amide bonds. The maximum atomic E-state index is 9.98. The van der Waals surface area contributed by atoms with Crippen LogP contribution in [0.3, 0.4) is 0 Å². The molecule has 0 aromatic carbocycles. The Morgan fingerprint density at radius 2 is 0.422 bits per heavy atom. The summed E-state index contributed by atoms with van der Waals surface area (Å²) in [6.45, 7) is 8.67. The van der Waals surface area contributed by atoms with Crippen LogP contribution in [0.2, 0.25) is 0 Å². The number of rotatable bonds is 28. The first-order valence-electron chi connectivity index (χ1n) is 17.9. The van der Waals surface area contributed by atoms with Crippen LogP contribution in [0.5, 0.6) is 0 Å². The van der Waals surface area contributed by atoms with Crippen molar-refractivity contribution in [3.05, 3.63) is 0 Å². The first-order chi connectivity index (χ1) is 21.1. The summed E-state index contributed by atoms with van der Waals surface area (Å²) >= 11 is 0. The van der Waals surface area contributed by atoms with Crippen LogP contribution in [0, 0.1) is 0 Å². The van der Waals surface area contributed by atoms with Crippen LogP contribution < -0.4 is 20.4 Å². The summed E-state index contributed by atoms with van der Waals surface area (Å²) in [4.78, 5) is 39.9. The Morgan fingerprint density at radius 1 is 0.289 bits per heavy atom. The van der Waals surface area contributed by atoms with Crippen LogP contribution in [0.4, 0.5) is 0 Å². The van der Waals surface area contributed by atoms with E-state index in [1.54, 1.807) is 0 Å². The van der Waals surface area contributed by atoms with Crippen molar-refractivity contribution >= 4 is 51.2 Å². The number of aliphatic carboxylic acids is 4. The van der Waals surface area contributed by atoms with Crippen molar-refractivity contribution < 1.29 is 39.6 Å². The third kappa shape index (κ3) is 75.1. The van der Waals surface area contributed by atoms with Crippen molar-refractivity contribution in [2.75, 3.05) is 0 Å². The molecule has 0 rings (SSSR count). The largest absolute Gasteiger partial charge is 4.00 e. The molecule has 0 aliphatic carbocycles. The molecule has 45 heavy (non-hydrogen) atoms. The minimum absolute atomic E-state index is 0. The molecule has 0 aliphatic heterocycles. The van der Waals surface area contributed by atoms with E-state index in [4.69, 9.17) is 0 Å². The molecule has 8 nitrogen and oxygen atoms in total. The number of hydrogen-bond acceptors (Lipinski definition) is 8. The van der Waals surface area contributed by atoms with Crippen LogP contribution >= 0.6 is 0 Å². The Kier molecular flexibility index (Phi) is 58.8. The molecular formula is C36H68O8Pb. The van der Waals surface area contributed by atoms with Gasteiger partial charge in [0.15, 0.2) is 0 Å². The second-order valence-electron chi connectivity index (χ2n) is 11.6. The monoisotopic (exact) mass is 836 g/mol. The van der Waals surface area contributed by atoms with Gasteiger partial charge in [0, 0.05) is 23.9 Å². The predicted octanol–water partition coefficient (Wildman–Crippen LogP) is 5.57. The summed E-state index contributed by atoms with van der Waals surface area (Å²) in [5.74, 6) is -3.66. The molecule has 0 unspecified atom stereocenters. The molecule has 9 heteroatoms. The zero-order valence-corrected chi connectivity index (χ0v) is 33.5. The van der Waals surface area contributed by atoms with Gasteiger partial charge in [-0.3, -0.25) is 0 Å². The van der Waals surface area contributed by atoms with E-state index < -0.39 is 23.9 Å². The maximum Gasteiger partial charge on any atom is 4.00 e. The second kappa shape index (κ2) is 49.7. The van der Waals surface area contributed by atoms with E-state index in [1.807, 2.05) is 0 Å². The fourth-order valence-electron chi connectivity index (χ4n) is 4.20. The standard InChI is InChI=1S/4C9H18O2.Pb/c4*1-2-3-4-5-6-7-8-9(10)11;/h4*2-8H2,1H3,(H,10,11);/q;;;;+4/p-4. The maximum absolute atomic E-state index is 9.98. The quantitative estimate of drug-likeness (QED) is 0.0731. The third-order valence-electron chi connectivity index (χ3n) is 6.94. The summed E-state index contributed by atoms with van der Waals surface area (Å²) in [7, 11) is 0. The molecule has 0 N–H and O–H groups in total. The second-order valence-corrected chi connectivity index (χ2v) is 11.6. The smallest absolute Gasteiger partial charge is 0.550 e. The van der Waals surface area contributed by atoms with E-state index in [2.05, 4.69) is 27.7 Å². The summed E-state index contributed by atoms with van der Waals surface area (Å²) < 4.78 is 0. The van der Waals surface area contributed by atoms with Gasteiger partial charge in [-0.25, -0.2) is 0 Å². The molecule has 0 radical (unpaired) electrons. The number of hydrogen-bond donors (Lipinski definition) is 0. The molecule has 0 aromatic heterocycles. The third-order valence-corrected chi connectivity index (χ3v) is 6.94. The number of unbranched alkanes of at least 4 members (excludes halogenated alkanes) is 20. The molecule has 0 aliphatic rings. The molecule has 0 saturated heterocycles. The number of carboxylic acids is 4. The normalized spacial score (nSPS) is 9.69. The van der Waals surface area contributed by atoms with Gasteiger partial charge in [-0.1, -0.05) is 156 Å². The van der Waals surface area contributed by atoms with Gasteiger partial charge >= 0.3 is 27.3 Å². The minimum Gasteiger partial charge on any atom is -0.550 e. The Balaban J connectivity index is -0.000000157. The Morgan fingerprint density at radius 3 is 0.556 bits per heavy atom. The summed E-state index contributed by atoms with van der Waals surface area (Å²) in [6, 6.07) is 0. The van der Waals surface area contributed by atoms with Gasteiger partial charge in [0.25, 0.3) is 0 Å². The number of carbonyl (C=O) groups is 4. The van der Waals surface area contributed by atoms with Crippen LogP contribution in [-0.4, -0.2) is 51.2 Å². The summed E-state index contributed by atoms with van der Waals surface area (Å²) in [5.41, 5.74) is 0. The Hall–Kier alpha value is -1.20. The molecule has 0 heterocycles. The van der Waals surface area contributed by atoms with E-state index in [0.717, 1.165) is 51.4 Å². The van der Waals surface area contributed by atoms with Crippen molar-refractivity contribution in [2.45, 2.75) is 207 Å². The average Bonchev–Trinajstić information content (AvgIpc) is 2.97. The van der Waals surface area contributed by atoms with E-state index in [9.17, 15) is 39.6 Å². The molecular weight excluding hydrogens is 768 g/mol. The van der Waals surface area contributed by atoms with Gasteiger partial charge < -0.3 is 39.6 Å². The molecule has 0 fully saturated rings. The Labute approximate surface area is 297 Å². The SMILES string of the molecule is CCCCCCCCC(=O)[O-].CCCCCCCCC(=O)[O-].CCCCCCCCC(=O)[O-].CCCCCCCCC(=O)[O-].[Pb+4]. The van der Waals surface area contributed by atoms with E-state index >= 15 is 0 Å². The zero-order valence-electron chi connectivity index (χ0n) is 29.6. The van der Waals surface area contributed by atoms with Crippen molar-refractivity contribution in [3.63, 3.8) is 0 Å². The molecule has 0 bridgehead atoms. The molecule has 264 valence electrons. The molecule has 0 spiro atoms. The van der Waals surface area contributed by atoms with Crippen LogP contribution in [0.25, 0.3) is 0 Å². The number of carboxylic acid groups (broad SMARTS) is 4. The molecule has 0 aromatic rings. The number of carbonyl (C=O) groups excluding carboxylic acids is 4. The van der Waals surface area contributed by atoms with Crippen molar-refractivity contribution in [2.24, 2.45) is 0 Å². The predicted molar refractivity (Wildman–Crippen MR) is 178 cm³/mol. The average molecular weight is 836 g/mol. The van der Waals surface area contributed by atoms with E-state index in [-0.39, 0.29) is 53.0 Å². The van der Waals surface area contributed by atoms with Gasteiger partial charge in [-0.05, 0) is 51.4 Å². The molecule has 0 saturated carbocycles. The van der Waals surface area contributed by atoms with Crippen LogP contribution in [-0.2, 0) is 19.2 Å². The fourth-order valence-corrected chi connectivity index (χ4v) is 4.20. The fraction of sp³-hybridized carbons (Fsp3) is 0.889. The van der Waals surface area contributed by atoms with Gasteiger partial charge in [-0.15, -0.1) is 0 Å². The van der Waals surface area contributed by atoms with Crippen molar-refractivity contribution in [3.8, 4) is 0 Å². The zero-order chi connectivity index (χ0) is 34.1. The van der Waals surface area contributed by atoms with E-state index in [0.29, 0.717) is 0 Å². The first kappa shape index (κ1) is 53.3. The summed E-state index contributed by atoms with van der Waals surface area (Å²) in [6.07, 6.45) is 27.8. The Bertz CT molecular complexity index is 510. The van der Waals surface area contributed by atoms with Crippen LogP contribution in [0.1, 0.15) is 207 Å².